The first-order valence-electron chi connectivity index (χ1n) is 5.36. The topological polar surface area (TPSA) is 52.4 Å². The van der Waals surface area contributed by atoms with Gasteiger partial charge in [-0.2, -0.15) is 0 Å². The van der Waals surface area contributed by atoms with Crippen molar-refractivity contribution >= 4 is 21.6 Å². The second-order valence-electron chi connectivity index (χ2n) is 3.86. The molecule has 2 rings (SSSR count). The van der Waals surface area contributed by atoms with E-state index in [1.165, 1.54) is 24.3 Å². The number of nitro benzene ring substituents is 1. The van der Waals surface area contributed by atoms with E-state index in [1.54, 1.807) is 19.1 Å². The summed E-state index contributed by atoms with van der Waals surface area (Å²) >= 11 is 3.18. The van der Waals surface area contributed by atoms with E-state index in [2.05, 4.69) is 15.9 Å². The Kier molecular flexibility index (Phi) is 3.80. The Bertz CT molecular complexity index is 646. The highest BCUT2D eigenvalue weighted by Crippen LogP contribution is 2.35. The second kappa shape index (κ2) is 5.36. The SMILES string of the molecule is Cc1cc(Oc2ccccc2F)c(Br)cc1[N+](=O)[O-]. The van der Waals surface area contributed by atoms with Crippen LogP contribution in [0.3, 0.4) is 0 Å². The first-order valence-corrected chi connectivity index (χ1v) is 6.15. The first kappa shape index (κ1) is 13.5. The summed E-state index contributed by atoms with van der Waals surface area (Å²) in [5.74, 6) is -0.102. The van der Waals surface area contributed by atoms with Gasteiger partial charge in [0.25, 0.3) is 5.69 Å². The predicted molar refractivity (Wildman–Crippen MR) is 72.0 cm³/mol. The number of aryl methyl sites for hydroxylation is 1. The predicted octanol–water partition coefficient (Wildman–Crippen LogP) is 4.60. The van der Waals surface area contributed by atoms with Crippen LogP contribution in [0.4, 0.5) is 10.1 Å². The number of para-hydroxylation sites is 1. The molecule has 0 aliphatic carbocycles. The molecule has 4 nitrogen and oxygen atoms in total. The van der Waals surface area contributed by atoms with E-state index in [4.69, 9.17) is 4.74 Å². The van der Waals surface area contributed by atoms with E-state index in [-0.39, 0.29) is 11.4 Å². The average molecular weight is 326 g/mol. The summed E-state index contributed by atoms with van der Waals surface area (Å²) in [6, 6.07) is 8.79. The minimum atomic E-state index is -0.495. The molecule has 19 heavy (non-hydrogen) atoms. The van der Waals surface area contributed by atoms with Crippen LogP contribution >= 0.6 is 15.9 Å². The van der Waals surface area contributed by atoms with Crippen LogP contribution in [-0.4, -0.2) is 4.92 Å². The molecule has 0 heterocycles. The van der Waals surface area contributed by atoms with E-state index in [1.807, 2.05) is 0 Å². The lowest BCUT2D eigenvalue weighted by Gasteiger charge is -2.09. The summed E-state index contributed by atoms with van der Waals surface area (Å²) < 4.78 is 19.3. The summed E-state index contributed by atoms with van der Waals surface area (Å²) in [4.78, 5) is 10.3. The van der Waals surface area contributed by atoms with Crippen molar-refractivity contribution in [2.75, 3.05) is 0 Å². The molecular weight excluding hydrogens is 317 g/mol. The Morgan fingerprint density at radius 3 is 2.58 bits per heavy atom. The standard InChI is InChI=1S/C13H9BrFNO3/c1-8-6-13(9(14)7-11(8)16(17)18)19-12-5-3-2-4-10(12)15/h2-7H,1H3. The zero-order chi connectivity index (χ0) is 14.0. The van der Waals surface area contributed by atoms with Gasteiger partial charge in [-0.1, -0.05) is 12.1 Å². The maximum atomic E-state index is 13.5. The van der Waals surface area contributed by atoms with Gasteiger partial charge >= 0.3 is 0 Å². The van der Waals surface area contributed by atoms with Crippen molar-refractivity contribution in [3.05, 3.63) is 62.4 Å². The number of nitrogens with zero attached hydrogens (tertiary/aromatic N) is 1. The molecule has 0 spiro atoms. The van der Waals surface area contributed by atoms with Gasteiger partial charge in [-0.15, -0.1) is 0 Å². The van der Waals surface area contributed by atoms with Gasteiger partial charge in [0, 0.05) is 11.6 Å². The van der Waals surface area contributed by atoms with E-state index in [9.17, 15) is 14.5 Å². The Labute approximate surface area is 117 Å². The molecule has 0 saturated heterocycles. The van der Waals surface area contributed by atoms with Crippen molar-refractivity contribution in [3.63, 3.8) is 0 Å². The van der Waals surface area contributed by atoms with Gasteiger partial charge in [0.2, 0.25) is 0 Å². The third-order valence-electron chi connectivity index (χ3n) is 2.50. The van der Waals surface area contributed by atoms with Gasteiger partial charge in [0.15, 0.2) is 11.6 Å². The van der Waals surface area contributed by atoms with Gasteiger partial charge < -0.3 is 4.74 Å². The highest BCUT2D eigenvalue weighted by Gasteiger charge is 2.16. The number of hydrogen-bond acceptors (Lipinski definition) is 3. The molecule has 2 aromatic carbocycles. The fraction of sp³-hybridized carbons (Fsp3) is 0.0769. The summed E-state index contributed by atoms with van der Waals surface area (Å²) in [5.41, 5.74) is 0.423. The fourth-order valence-electron chi connectivity index (χ4n) is 1.57. The molecule has 0 fully saturated rings. The quantitative estimate of drug-likeness (QED) is 0.612. The Morgan fingerprint density at radius 1 is 1.26 bits per heavy atom. The van der Waals surface area contributed by atoms with Crippen LogP contribution in [0.15, 0.2) is 40.9 Å². The number of halogens is 2. The van der Waals surface area contributed by atoms with Gasteiger partial charge in [-0.05, 0) is 41.1 Å². The Hall–Kier alpha value is -1.95. The number of nitro groups is 1. The summed E-state index contributed by atoms with van der Waals surface area (Å²) in [7, 11) is 0. The molecule has 0 radical (unpaired) electrons. The monoisotopic (exact) mass is 325 g/mol. The molecule has 0 saturated carbocycles. The van der Waals surface area contributed by atoms with Crippen molar-refractivity contribution in [1.29, 1.82) is 0 Å². The number of rotatable bonds is 3. The highest BCUT2D eigenvalue weighted by atomic mass is 79.9. The van der Waals surface area contributed by atoms with E-state index < -0.39 is 10.7 Å². The van der Waals surface area contributed by atoms with Crippen LogP contribution in [-0.2, 0) is 0 Å². The van der Waals surface area contributed by atoms with Crippen LogP contribution in [0.5, 0.6) is 11.5 Å². The molecule has 0 aliphatic rings. The van der Waals surface area contributed by atoms with Gasteiger partial charge in [0.1, 0.15) is 5.75 Å². The summed E-state index contributed by atoms with van der Waals surface area (Å²) in [6.07, 6.45) is 0. The molecule has 0 N–H and O–H groups in total. The highest BCUT2D eigenvalue weighted by molar-refractivity contribution is 9.10. The molecule has 0 amide bonds. The Morgan fingerprint density at radius 2 is 1.95 bits per heavy atom. The summed E-state index contributed by atoms with van der Waals surface area (Å²) in [5, 5.41) is 10.8. The van der Waals surface area contributed by atoms with Crippen molar-refractivity contribution < 1.29 is 14.1 Å². The number of hydrogen-bond donors (Lipinski definition) is 0. The minimum absolute atomic E-state index is 0.0206. The van der Waals surface area contributed by atoms with Gasteiger partial charge in [-0.25, -0.2) is 4.39 Å². The van der Waals surface area contributed by atoms with E-state index in [0.717, 1.165) is 0 Å². The van der Waals surface area contributed by atoms with E-state index >= 15 is 0 Å². The maximum absolute atomic E-state index is 13.5. The van der Waals surface area contributed by atoms with Gasteiger partial charge in [-0.3, -0.25) is 10.1 Å². The zero-order valence-electron chi connectivity index (χ0n) is 9.89. The van der Waals surface area contributed by atoms with Crippen LogP contribution in [0.25, 0.3) is 0 Å². The van der Waals surface area contributed by atoms with E-state index in [0.29, 0.717) is 15.8 Å². The molecule has 0 atom stereocenters. The van der Waals surface area contributed by atoms with Crippen molar-refractivity contribution in [2.45, 2.75) is 6.92 Å². The molecule has 0 aliphatic heterocycles. The lowest BCUT2D eigenvalue weighted by molar-refractivity contribution is -0.385. The maximum Gasteiger partial charge on any atom is 0.273 e. The van der Waals surface area contributed by atoms with Gasteiger partial charge in [0.05, 0.1) is 9.40 Å². The molecule has 2 aromatic rings. The normalized spacial score (nSPS) is 10.3. The molecule has 6 heteroatoms. The fourth-order valence-corrected chi connectivity index (χ4v) is 1.98. The lowest BCUT2D eigenvalue weighted by atomic mass is 10.2. The second-order valence-corrected chi connectivity index (χ2v) is 4.71. The lowest BCUT2D eigenvalue weighted by Crippen LogP contribution is -1.94. The average Bonchev–Trinajstić information content (AvgIpc) is 2.35. The Balaban J connectivity index is 2.39. The van der Waals surface area contributed by atoms with Crippen molar-refractivity contribution in [1.82, 2.24) is 0 Å². The van der Waals surface area contributed by atoms with Crippen LogP contribution in [0.2, 0.25) is 0 Å². The zero-order valence-corrected chi connectivity index (χ0v) is 11.5. The largest absolute Gasteiger partial charge is 0.453 e. The van der Waals surface area contributed by atoms with Crippen molar-refractivity contribution in [2.24, 2.45) is 0 Å². The third-order valence-corrected chi connectivity index (χ3v) is 3.12. The molecule has 0 unspecified atom stereocenters. The van der Waals surface area contributed by atoms with Crippen LogP contribution in [0.1, 0.15) is 5.56 Å². The molecule has 0 bridgehead atoms. The minimum Gasteiger partial charge on any atom is -0.453 e. The molecule has 98 valence electrons. The first-order chi connectivity index (χ1) is 8.99. The smallest absolute Gasteiger partial charge is 0.273 e. The molecule has 0 aromatic heterocycles. The number of ether oxygens (including phenoxy) is 1. The number of benzene rings is 2. The molecular formula is C13H9BrFNO3. The third kappa shape index (κ3) is 2.90. The van der Waals surface area contributed by atoms with Crippen LogP contribution in [0, 0.1) is 22.9 Å². The van der Waals surface area contributed by atoms with Crippen molar-refractivity contribution in [3.8, 4) is 11.5 Å². The summed E-state index contributed by atoms with van der Waals surface area (Å²) in [6.45, 7) is 1.60. The van der Waals surface area contributed by atoms with Crippen LogP contribution < -0.4 is 4.74 Å².